The normalized spacial score (nSPS) is 24.6. The van der Waals surface area contributed by atoms with Crippen molar-refractivity contribution in [3.63, 3.8) is 0 Å². The fraction of sp³-hybridized carbons (Fsp3) is 0.500. The van der Waals surface area contributed by atoms with Crippen LogP contribution >= 0.6 is 0 Å². The quantitative estimate of drug-likeness (QED) is 0.633. The van der Waals surface area contributed by atoms with Crippen molar-refractivity contribution in [2.45, 2.75) is 32.8 Å². The number of hydrogen-bond acceptors (Lipinski definition) is 2. The molecule has 0 radical (unpaired) electrons. The van der Waals surface area contributed by atoms with E-state index in [0.29, 0.717) is 12.8 Å². The van der Waals surface area contributed by atoms with Gasteiger partial charge < -0.3 is 5.11 Å². The number of rotatable bonds is 2. The van der Waals surface area contributed by atoms with Crippen molar-refractivity contribution < 1.29 is 9.90 Å². The lowest BCUT2D eigenvalue weighted by Crippen LogP contribution is -2.14. The third-order valence-corrected chi connectivity index (χ3v) is 2.17. The molecular weight excluding hydrogens is 152 g/mol. The molecule has 1 rings (SSSR count). The molecule has 12 heavy (non-hydrogen) atoms. The van der Waals surface area contributed by atoms with Crippen LogP contribution in [0.1, 0.15) is 26.7 Å². The molecule has 0 aliphatic heterocycles. The van der Waals surface area contributed by atoms with Gasteiger partial charge in [-0.25, -0.2) is 0 Å². The second-order valence-electron chi connectivity index (χ2n) is 3.12. The van der Waals surface area contributed by atoms with E-state index in [1.54, 1.807) is 0 Å². The van der Waals surface area contributed by atoms with Crippen LogP contribution in [0.15, 0.2) is 23.3 Å². The third-order valence-electron chi connectivity index (χ3n) is 2.17. The van der Waals surface area contributed by atoms with Crippen LogP contribution in [0.4, 0.5) is 0 Å². The van der Waals surface area contributed by atoms with Crippen molar-refractivity contribution in [1.82, 2.24) is 0 Å². The average Bonchev–Trinajstić information content (AvgIpc) is 2.25. The molecule has 0 heterocycles. The summed E-state index contributed by atoms with van der Waals surface area (Å²) in [4.78, 5) is 11.3. The maximum atomic E-state index is 11.3. The van der Waals surface area contributed by atoms with Gasteiger partial charge in [0.15, 0.2) is 5.78 Å². The Hall–Kier alpha value is -0.890. The Morgan fingerprint density at radius 3 is 2.75 bits per heavy atom. The van der Waals surface area contributed by atoms with E-state index in [4.69, 9.17) is 0 Å². The van der Waals surface area contributed by atoms with Gasteiger partial charge in [0.25, 0.3) is 0 Å². The topological polar surface area (TPSA) is 37.3 Å². The molecule has 1 aliphatic rings. The van der Waals surface area contributed by atoms with Crippen LogP contribution < -0.4 is 0 Å². The number of Topliss-reactive ketones (excluding diaryl/α,β-unsaturated/α-hetero) is 1. The number of aliphatic hydroxyl groups is 1. The van der Waals surface area contributed by atoms with Crippen LogP contribution in [0.25, 0.3) is 0 Å². The Kier molecular flexibility index (Phi) is 2.82. The summed E-state index contributed by atoms with van der Waals surface area (Å²) in [7, 11) is 0. The van der Waals surface area contributed by atoms with E-state index in [9.17, 15) is 9.90 Å². The van der Waals surface area contributed by atoms with Crippen molar-refractivity contribution in [2.24, 2.45) is 0 Å². The molecule has 0 bridgehead atoms. The molecular formula is C10H14O2. The summed E-state index contributed by atoms with van der Waals surface area (Å²) in [5.74, 6) is -0.0920. The molecule has 0 saturated carbocycles. The molecule has 1 N–H and O–H groups in total. The summed E-state index contributed by atoms with van der Waals surface area (Å²) in [5, 5.41) is 9.22. The molecule has 2 heteroatoms. The first kappa shape index (κ1) is 9.20. The van der Waals surface area contributed by atoms with Gasteiger partial charge in [0.2, 0.25) is 0 Å². The predicted octanol–water partition coefficient (Wildman–Crippen LogP) is 1.60. The van der Waals surface area contributed by atoms with Crippen molar-refractivity contribution >= 4 is 5.78 Å². The fourth-order valence-electron chi connectivity index (χ4n) is 1.43. The largest absolute Gasteiger partial charge is 0.385 e. The summed E-state index contributed by atoms with van der Waals surface area (Å²) in [6.07, 6.45) is 4.27. The second-order valence-corrected chi connectivity index (χ2v) is 3.12. The van der Waals surface area contributed by atoms with Gasteiger partial charge in [0, 0.05) is 12.0 Å². The van der Waals surface area contributed by atoms with Gasteiger partial charge in [-0.05, 0) is 20.3 Å². The number of ketones is 1. The summed E-state index contributed by atoms with van der Waals surface area (Å²) >= 11 is 0. The monoisotopic (exact) mass is 166 g/mol. The van der Waals surface area contributed by atoms with Gasteiger partial charge in [-0.1, -0.05) is 17.7 Å². The smallest absolute Gasteiger partial charge is 0.187 e. The highest BCUT2D eigenvalue weighted by molar-refractivity contribution is 6.02. The minimum atomic E-state index is -0.773. The number of carbonyl (C=O) groups is 1. The predicted molar refractivity (Wildman–Crippen MR) is 47.8 cm³/mol. The van der Waals surface area contributed by atoms with Crippen molar-refractivity contribution in [3.8, 4) is 0 Å². The average molecular weight is 166 g/mol. The Bertz CT molecular complexity index is 249. The molecule has 0 aromatic rings. The Morgan fingerprint density at radius 1 is 1.67 bits per heavy atom. The van der Waals surface area contributed by atoms with Gasteiger partial charge in [0.1, 0.15) is 6.10 Å². The fourth-order valence-corrected chi connectivity index (χ4v) is 1.43. The zero-order valence-electron chi connectivity index (χ0n) is 7.50. The summed E-state index contributed by atoms with van der Waals surface area (Å²) in [5.41, 5.74) is 1.83. The molecule has 2 nitrogen and oxygen atoms in total. The van der Waals surface area contributed by atoms with Crippen LogP contribution in [0.5, 0.6) is 0 Å². The Balaban J connectivity index is 2.74. The first-order chi connectivity index (χ1) is 5.66. The van der Waals surface area contributed by atoms with E-state index in [0.717, 1.165) is 11.1 Å². The molecule has 0 saturated heterocycles. The molecule has 66 valence electrons. The third kappa shape index (κ3) is 1.64. The maximum absolute atomic E-state index is 11.3. The first-order valence-electron chi connectivity index (χ1n) is 4.19. The molecule has 1 aliphatic carbocycles. The van der Waals surface area contributed by atoms with Crippen molar-refractivity contribution in [1.29, 1.82) is 0 Å². The summed E-state index contributed by atoms with van der Waals surface area (Å²) in [6, 6.07) is 0. The highest BCUT2D eigenvalue weighted by Crippen LogP contribution is 2.25. The molecule has 0 spiro atoms. The maximum Gasteiger partial charge on any atom is 0.187 e. The van der Waals surface area contributed by atoms with E-state index in [2.05, 4.69) is 0 Å². The standard InChI is InChI=1S/C10H14O2/c1-3-4-5-8-7(2)6-9(11)10(8)12/h3-4,9,11H,5-6H2,1-2H3. The highest BCUT2D eigenvalue weighted by Gasteiger charge is 2.27. The number of hydrogen-bond donors (Lipinski definition) is 1. The lowest BCUT2D eigenvalue weighted by molar-refractivity contribution is -0.122. The molecule has 1 atom stereocenters. The van der Waals surface area contributed by atoms with E-state index in [1.807, 2.05) is 26.0 Å². The minimum Gasteiger partial charge on any atom is -0.385 e. The lowest BCUT2D eigenvalue weighted by Gasteiger charge is -1.98. The molecule has 0 amide bonds. The Labute approximate surface area is 72.6 Å². The molecule has 0 fully saturated rings. The van der Waals surface area contributed by atoms with E-state index in [-0.39, 0.29) is 5.78 Å². The van der Waals surface area contributed by atoms with Gasteiger partial charge >= 0.3 is 0 Å². The van der Waals surface area contributed by atoms with Crippen LogP contribution in [0.3, 0.4) is 0 Å². The molecule has 0 aromatic heterocycles. The highest BCUT2D eigenvalue weighted by atomic mass is 16.3. The van der Waals surface area contributed by atoms with E-state index < -0.39 is 6.10 Å². The SMILES string of the molecule is CC=CCC1=C(C)CC(O)C1=O. The Morgan fingerprint density at radius 2 is 2.33 bits per heavy atom. The first-order valence-corrected chi connectivity index (χ1v) is 4.19. The van der Waals surface area contributed by atoms with Crippen LogP contribution in [0, 0.1) is 0 Å². The molecule has 1 unspecified atom stereocenters. The van der Waals surface area contributed by atoms with Gasteiger partial charge in [-0.2, -0.15) is 0 Å². The number of allylic oxidation sites excluding steroid dienone is 2. The van der Waals surface area contributed by atoms with Gasteiger partial charge in [-0.3, -0.25) is 4.79 Å². The van der Waals surface area contributed by atoms with Gasteiger partial charge in [0.05, 0.1) is 0 Å². The molecule has 0 aromatic carbocycles. The van der Waals surface area contributed by atoms with Crippen molar-refractivity contribution in [3.05, 3.63) is 23.3 Å². The minimum absolute atomic E-state index is 0.0920. The summed E-state index contributed by atoms with van der Waals surface area (Å²) < 4.78 is 0. The zero-order valence-corrected chi connectivity index (χ0v) is 7.50. The zero-order chi connectivity index (χ0) is 9.14. The number of carbonyl (C=O) groups excluding carboxylic acids is 1. The van der Waals surface area contributed by atoms with E-state index in [1.165, 1.54) is 0 Å². The van der Waals surface area contributed by atoms with Gasteiger partial charge in [-0.15, -0.1) is 0 Å². The van der Waals surface area contributed by atoms with Crippen LogP contribution in [-0.2, 0) is 4.79 Å². The van der Waals surface area contributed by atoms with E-state index >= 15 is 0 Å². The van der Waals surface area contributed by atoms with Crippen LogP contribution in [-0.4, -0.2) is 17.0 Å². The summed E-state index contributed by atoms with van der Waals surface area (Å²) in [6.45, 7) is 3.83. The van der Waals surface area contributed by atoms with Crippen molar-refractivity contribution in [2.75, 3.05) is 0 Å². The second kappa shape index (κ2) is 3.68. The number of aliphatic hydroxyl groups excluding tert-OH is 1. The lowest BCUT2D eigenvalue weighted by atomic mass is 10.1. The van der Waals surface area contributed by atoms with Crippen LogP contribution in [0.2, 0.25) is 0 Å².